The monoisotopic (exact) mass is 211 g/mol. The Kier molecular flexibility index (Phi) is 4.04. The third-order valence-corrected chi connectivity index (χ3v) is 4.39. The number of hydrogen-bond donors (Lipinski definition) is 1. The number of rotatable bonds is 3. The van der Waals surface area contributed by atoms with Crippen LogP contribution in [0.25, 0.3) is 0 Å². The van der Waals surface area contributed by atoms with Gasteiger partial charge in [0.05, 0.1) is 6.61 Å². The molecule has 15 heavy (non-hydrogen) atoms. The fourth-order valence-electron chi connectivity index (χ4n) is 2.94. The molecule has 1 saturated heterocycles. The Bertz CT molecular complexity index is 189. The van der Waals surface area contributed by atoms with Crippen LogP contribution in [0, 0.1) is 17.8 Å². The molecule has 2 fully saturated rings. The summed E-state index contributed by atoms with van der Waals surface area (Å²) in [5.74, 6) is 2.53. The molecule has 0 aromatic carbocycles. The van der Waals surface area contributed by atoms with Crippen LogP contribution in [0.4, 0.5) is 0 Å². The molecule has 1 N–H and O–H groups in total. The molecule has 2 heteroatoms. The van der Waals surface area contributed by atoms with Gasteiger partial charge in [0.25, 0.3) is 0 Å². The minimum Gasteiger partial charge on any atom is -0.381 e. The van der Waals surface area contributed by atoms with Gasteiger partial charge in [-0.2, -0.15) is 0 Å². The summed E-state index contributed by atoms with van der Waals surface area (Å²) in [5.41, 5.74) is 0. The van der Waals surface area contributed by atoms with Crippen LogP contribution in [0.15, 0.2) is 0 Å². The molecule has 88 valence electrons. The summed E-state index contributed by atoms with van der Waals surface area (Å²) in [5, 5.41) is 3.75. The minimum atomic E-state index is 0.766. The second-order valence-corrected chi connectivity index (χ2v) is 5.51. The van der Waals surface area contributed by atoms with Gasteiger partial charge < -0.3 is 10.1 Å². The average Bonchev–Trinajstić information content (AvgIpc) is 2.59. The van der Waals surface area contributed by atoms with Gasteiger partial charge in [0, 0.05) is 19.2 Å². The van der Waals surface area contributed by atoms with E-state index in [9.17, 15) is 0 Å². The van der Waals surface area contributed by atoms with Gasteiger partial charge in [0.2, 0.25) is 0 Å². The SMILES string of the molecule is CC1CCC(NCC2CCCOC2)C1C. The lowest BCUT2D eigenvalue weighted by Crippen LogP contribution is -2.38. The Morgan fingerprint density at radius 1 is 1.20 bits per heavy atom. The summed E-state index contributed by atoms with van der Waals surface area (Å²) in [7, 11) is 0. The van der Waals surface area contributed by atoms with Gasteiger partial charge in [0.15, 0.2) is 0 Å². The van der Waals surface area contributed by atoms with E-state index in [2.05, 4.69) is 19.2 Å². The van der Waals surface area contributed by atoms with Crippen LogP contribution in [0.3, 0.4) is 0 Å². The molecule has 1 aliphatic heterocycles. The molecule has 1 saturated carbocycles. The predicted octanol–water partition coefficient (Wildman–Crippen LogP) is 2.44. The second kappa shape index (κ2) is 5.31. The number of hydrogen-bond acceptors (Lipinski definition) is 2. The van der Waals surface area contributed by atoms with E-state index in [1.807, 2.05) is 0 Å². The maximum absolute atomic E-state index is 5.51. The van der Waals surface area contributed by atoms with Crippen molar-refractivity contribution >= 4 is 0 Å². The van der Waals surface area contributed by atoms with Gasteiger partial charge in [-0.3, -0.25) is 0 Å². The minimum absolute atomic E-state index is 0.766. The van der Waals surface area contributed by atoms with Crippen molar-refractivity contribution in [2.45, 2.75) is 45.6 Å². The summed E-state index contributed by atoms with van der Waals surface area (Å²) >= 11 is 0. The van der Waals surface area contributed by atoms with Crippen molar-refractivity contribution in [3.63, 3.8) is 0 Å². The topological polar surface area (TPSA) is 21.3 Å². The van der Waals surface area contributed by atoms with Crippen LogP contribution in [-0.4, -0.2) is 25.8 Å². The van der Waals surface area contributed by atoms with Crippen molar-refractivity contribution in [1.82, 2.24) is 5.32 Å². The summed E-state index contributed by atoms with van der Waals surface area (Å²) in [4.78, 5) is 0. The zero-order chi connectivity index (χ0) is 10.7. The Labute approximate surface area is 93.8 Å². The van der Waals surface area contributed by atoms with Gasteiger partial charge in [-0.05, 0) is 43.4 Å². The van der Waals surface area contributed by atoms with E-state index < -0.39 is 0 Å². The maximum Gasteiger partial charge on any atom is 0.0506 e. The first-order chi connectivity index (χ1) is 7.27. The zero-order valence-corrected chi connectivity index (χ0v) is 10.2. The van der Waals surface area contributed by atoms with E-state index in [4.69, 9.17) is 4.74 Å². The van der Waals surface area contributed by atoms with Crippen LogP contribution in [0.2, 0.25) is 0 Å². The lowest BCUT2D eigenvalue weighted by molar-refractivity contribution is 0.0532. The summed E-state index contributed by atoms with van der Waals surface area (Å²) in [6, 6.07) is 0.766. The molecule has 0 spiro atoms. The number of nitrogens with one attached hydrogen (secondary N) is 1. The van der Waals surface area contributed by atoms with Crippen LogP contribution in [0.5, 0.6) is 0 Å². The fraction of sp³-hybridized carbons (Fsp3) is 1.00. The zero-order valence-electron chi connectivity index (χ0n) is 10.2. The van der Waals surface area contributed by atoms with E-state index in [-0.39, 0.29) is 0 Å². The third-order valence-electron chi connectivity index (χ3n) is 4.39. The highest BCUT2D eigenvalue weighted by molar-refractivity contribution is 4.85. The molecule has 0 radical (unpaired) electrons. The molecule has 4 unspecified atom stereocenters. The third kappa shape index (κ3) is 2.94. The van der Waals surface area contributed by atoms with Gasteiger partial charge in [-0.15, -0.1) is 0 Å². The molecule has 2 aliphatic rings. The van der Waals surface area contributed by atoms with Gasteiger partial charge in [-0.1, -0.05) is 13.8 Å². The Hall–Kier alpha value is -0.0800. The summed E-state index contributed by atoms with van der Waals surface area (Å²) < 4.78 is 5.51. The highest BCUT2D eigenvalue weighted by Gasteiger charge is 2.29. The van der Waals surface area contributed by atoms with E-state index >= 15 is 0 Å². The molecule has 1 aliphatic carbocycles. The van der Waals surface area contributed by atoms with Crippen LogP contribution in [-0.2, 0) is 4.74 Å². The first kappa shape index (κ1) is 11.4. The first-order valence-corrected chi connectivity index (χ1v) is 6.58. The lowest BCUT2D eigenvalue weighted by Gasteiger charge is -2.26. The van der Waals surface area contributed by atoms with E-state index in [1.54, 1.807) is 0 Å². The van der Waals surface area contributed by atoms with Crippen molar-refractivity contribution in [3.05, 3.63) is 0 Å². The summed E-state index contributed by atoms with van der Waals surface area (Å²) in [6.45, 7) is 7.90. The Balaban J connectivity index is 1.68. The van der Waals surface area contributed by atoms with Crippen LogP contribution < -0.4 is 5.32 Å². The van der Waals surface area contributed by atoms with E-state index in [1.165, 1.54) is 32.2 Å². The van der Waals surface area contributed by atoms with Crippen molar-refractivity contribution in [3.8, 4) is 0 Å². The molecule has 4 atom stereocenters. The van der Waals surface area contributed by atoms with Gasteiger partial charge >= 0.3 is 0 Å². The Morgan fingerprint density at radius 2 is 2.07 bits per heavy atom. The highest BCUT2D eigenvalue weighted by Crippen LogP contribution is 2.31. The molecular weight excluding hydrogens is 186 g/mol. The lowest BCUT2D eigenvalue weighted by atomic mass is 9.96. The second-order valence-electron chi connectivity index (χ2n) is 5.51. The van der Waals surface area contributed by atoms with Gasteiger partial charge in [0.1, 0.15) is 0 Å². The quantitative estimate of drug-likeness (QED) is 0.774. The molecule has 0 bridgehead atoms. The predicted molar refractivity (Wildman–Crippen MR) is 62.9 cm³/mol. The van der Waals surface area contributed by atoms with Crippen molar-refractivity contribution in [1.29, 1.82) is 0 Å². The number of ether oxygens (including phenoxy) is 1. The average molecular weight is 211 g/mol. The maximum atomic E-state index is 5.51. The van der Waals surface area contributed by atoms with E-state index in [0.29, 0.717) is 0 Å². The van der Waals surface area contributed by atoms with Crippen molar-refractivity contribution in [2.75, 3.05) is 19.8 Å². The smallest absolute Gasteiger partial charge is 0.0506 e. The molecule has 0 aromatic heterocycles. The molecule has 1 heterocycles. The molecule has 0 aromatic rings. The first-order valence-electron chi connectivity index (χ1n) is 6.58. The Morgan fingerprint density at radius 3 is 2.67 bits per heavy atom. The molecule has 2 rings (SSSR count). The standard InChI is InChI=1S/C13H25NO/c1-10-5-6-13(11(10)2)14-8-12-4-3-7-15-9-12/h10-14H,3-9H2,1-2H3. The van der Waals surface area contributed by atoms with Crippen molar-refractivity contribution < 1.29 is 4.74 Å². The highest BCUT2D eigenvalue weighted by atomic mass is 16.5. The van der Waals surface area contributed by atoms with Crippen molar-refractivity contribution in [2.24, 2.45) is 17.8 Å². The normalized spacial score (nSPS) is 42.0. The molecular formula is C13H25NO. The molecule has 2 nitrogen and oxygen atoms in total. The van der Waals surface area contributed by atoms with Gasteiger partial charge in [-0.25, -0.2) is 0 Å². The largest absolute Gasteiger partial charge is 0.381 e. The summed E-state index contributed by atoms with van der Waals surface area (Å²) in [6.07, 6.45) is 5.38. The van der Waals surface area contributed by atoms with Crippen LogP contribution >= 0.6 is 0 Å². The molecule has 0 amide bonds. The fourth-order valence-corrected chi connectivity index (χ4v) is 2.94. The van der Waals surface area contributed by atoms with E-state index in [0.717, 1.165) is 37.0 Å². The van der Waals surface area contributed by atoms with Crippen LogP contribution in [0.1, 0.15) is 39.5 Å².